The number of rotatable bonds is 2. The fraction of sp³-hybridized carbons (Fsp3) is 1.00. The summed E-state index contributed by atoms with van der Waals surface area (Å²) in [6, 6.07) is 0.376. The molecule has 0 bridgehead atoms. The summed E-state index contributed by atoms with van der Waals surface area (Å²) >= 11 is 0. The highest BCUT2D eigenvalue weighted by atomic mass is 33.1. The largest absolute Gasteiger partial charge is 0.391 e. The van der Waals surface area contributed by atoms with Crippen molar-refractivity contribution in [1.82, 2.24) is 4.90 Å². The van der Waals surface area contributed by atoms with Crippen LogP contribution in [0.5, 0.6) is 0 Å². The van der Waals surface area contributed by atoms with Crippen LogP contribution in [0, 0.1) is 0 Å². The number of aliphatic hydroxyl groups excluding tert-OH is 2. The van der Waals surface area contributed by atoms with Crippen molar-refractivity contribution in [3.63, 3.8) is 0 Å². The zero-order valence-corrected chi connectivity index (χ0v) is 14.3. The van der Waals surface area contributed by atoms with Crippen LogP contribution in [-0.2, 0) is 19.7 Å². The average molecular weight is 358 g/mol. The predicted octanol–water partition coefficient (Wildman–Crippen LogP) is -0.271. The van der Waals surface area contributed by atoms with E-state index in [-0.39, 0.29) is 22.6 Å². The lowest BCUT2D eigenvalue weighted by molar-refractivity contribution is 0.122. The molecule has 0 aromatic rings. The number of hydrogen-bond acceptors (Lipinski definition) is 7. The Labute approximate surface area is 131 Å². The Balaban J connectivity index is 1.69. The van der Waals surface area contributed by atoms with E-state index in [4.69, 9.17) is 0 Å². The van der Waals surface area contributed by atoms with Crippen LogP contribution in [0.25, 0.3) is 0 Å². The summed E-state index contributed by atoms with van der Waals surface area (Å²) < 4.78 is 23.1. The first kappa shape index (κ1) is 15.8. The summed E-state index contributed by atoms with van der Waals surface area (Å²) in [7, 11) is 2.78. The number of nitrogens with zero attached hydrogens (tertiary/aromatic N) is 1. The van der Waals surface area contributed by atoms with Crippen LogP contribution in [0.4, 0.5) is 0 Å². The van der Waals surface area contributed by atoms with Gasteiger partial charge < -0.3 is 10.2 Å². The van der Waals surface area contributed by atoms with E-state index in [0.29, 0.717) is 11.5 Å². The molecule has 2 N–H and O–H groups in total. The van der Waals surface area contributed by atoms with Gasteiger partial charge in [0.05, 0.1) is 53.9 Å². The molecule has 0 aromatic heterocycles. The fourth-order valence-corrected chi connectivity index (χ4v) is 10.9. The average Bonchev–Trinajstić information content (AvgIpc) is 2.98. The van der Waals surface area contributed by atoms with E-state index in [1.54, 1.807) is 0 Å². The van der Waals surface area contributed by atoms with Crippen molar-refractivity contribution in [3.05, 3.63) is 0 Å². The molecule has 5 nitrogen and oxygen atoms in total. The second-order valence-electron chi connectivity index (χ2n) is 5.57. The second-order valence-corrected chi connectivity index (χ2v) is 12.3. The maximum Gasteiger partial charge on any atom is 0.0834 e. The van der Waals surface area contributed by atoms with Crippen LogP contribution in [0.2, 0.25) is 0 Å². The maximum absolute atomic E-state index is 11.6. The predicted molar refractivity (Wildman–Crippen MR) is 85.4 cm³/mol. The molecule has 0 radical (unpaired) electrons. The lowest BCUT2D eigenvalue weighted by Crippen LogP contribution is -2.47. The summed E-state index contributed by atoms with van der Waals surface area (Å²) in [5.74, 6) is 0.713. The highest BCUT2D eigenvalue weighted by Crippen LogP contribution is 2.43. The van der Waals surface area contributed by atoms with Gasteiger partial charge in [-0.1, -0.05) is 21.6 Å². The van der Waals surface area contributed by atoms with Crippen LogP contribution in [0.1, 0.15) is 12.8 Å². The third-order valence-corrected chi connectivity index (χ3v) is 11.2. The maximum atomic E-state index is 11.6. The van der Waals surface area contributed by atoms with Crippen molar-refractivity contribution < 1.29 is 18.6 Å². The summed E-state index contributed by atoms with van der Waals surface area (Å²) in [5, 5.41) is 20.1. The Hall–Kier alpha value is 0.880. The van der Waals surface area contributed by atoms with Gasteiger partial charge in [0.2, 0.25) is 0 Å². The Morgan fingerprint density at radius 1 is 0.950 bits per heavy atom. The standard InChI is InChI=1S/C11H19NO4S4/c1-12-6(10-8(13)4-19(15)17-10)2-3-7(12)11-9(14)5-20(16)18-11/h6-11,13-14H,2-5H2,1H3/t6-,7-,8+,9+,10-,11-,19?,20?/m1/s1. The molecule has 0 aromatic carbocycles. The molecule has 3 aliphatic rings. The molecule has 3 heterocycles. The molecule has 3 saturated heterocycles. The quantitative estimate of drug-likeness (QED) is 0.659. The molecular formula is C11H19NO4S4. The molecule has 3 fully saturated rings. The lowest BCUT2D eigenvalue weighted by atomic mass is 10.1. The summed E-state index contributed by atoms with van der Waals surface area (Å²) in [4.78, 5) is 2.20. The van der Waals surface area contributed by atoms with Gasteiger partial charge in [-0.05, 0) is 19.9 Å². The minimum absolute atomic E-state index is 0.0140. The van der Waals surface area contributed by atoms with Gasteiger partial charge in [-0.3, -0.25) is 4.90 Å². The van der Waals surface area contributed by atoms with Crippen molar-refractivity contribution in [2.45, 2.75) is 47.6 Å². The van der Waals surface area contributed by atoms with E-state index in [1.807, 2.05) is 7.05 Å². The smallest absolute Gasteiger partial charge is 0.0834 e. The Morgan fingerprint density at radius 3 is 1.65 bits per heavy atom. The van der Waals surface area contributed by atoms with Crippen molar-refractivity contribution in [2.24, 2.45) is 0 Å². The molecule has 3 rings (SSSR count). The van der Waals surface area contributed by atoms with Crippen LogP contribution in [0.15, 0.2) is 0 Å². The highest BCUT2D eigenvalue weighted by Gasteiger charge is 2.48. The van der Waals surface area contributed by atoms with Gasteiger partial charge in [0.15, 0.2) is 0 Å². The normalized spacial score (nSPS) is 53.8. The van der Waals surface area contributed by atoms with Crippen LogP contribution in [-0.4, -0.2) is 76.9 Å². The van der Waals surface area contributed by atoms with Crippen molar-refractivity contribution >= 4 is 41.3 Å². The molecule has 116 valence electrons. The zero-order valence-electron chi connectivity index (χ0n) is 11.1. The topological polar surface area (TPSA) is 77.8 Å². The SMILES string of the molecule is CN1[C@@H]([C@H]2SS(=O)C[C@@H]2O)CC[C@@H]1[C@H]1SS(=O)C[C@@H]1O. The van der Waals surface area contributed by atoms with E-state index < -0.39 is 31.9 Å². The van der Waals surface area contributed by atoms with E-state index in [9.17, 15) is 18.6 Å². The minimum atomic E-state index is -0.983. The Kier molecular flexibility index (Phi) is 4.87. The van der Waals surface area contributed by atoms with Gasteiger partial charge in [0.25, 0.3) is 0 Å². The molecule has 0 saturated carbocycles. The van der Waals surface area contributed by atoms with Gasteiger partial charge in [0, 0.05) is 12.1 Å². The summed E-state index contributed by atoms with van der Waals surface area (Å²) in [6.07, 6.45) is 0.845. The molecule has 0 spiro atoms. The first-order valence-corrected chi connectivity index (χ1v) is 12.1. The fourth-order valence-electron chi connectivity index (χ4n) is 3.35. The minimum Gasteiger partial charge on any atom is -0.391 e. The monoisotopic (exact) mass is 357 g/mol. The Morgan fingerprint density at radius 2 is 1.35 bits per heavy atom. The number of aliphatic hydroxyl groups is 2. The highest BCUT2D eigenvalue weighted by molar-refractivity contribution is 8.70. The van der Waals surface area contributed by atoms with Gasteiger partial charge in [-0.2, -0.15) is 0 Å². The number of likely N-dealkylation sites (tertiary alicyclic amines) is 1. The summed E-state index contributed by atoms with van der Waals surface area (Å²) in [5.41, 5.74) is 0. The Bertz CT molecular complexity index is 399. The van der Waals surface area contributed by atoms with Crippen LogP contribution in [0.3, 0.4) is 0 Å². The third-order valence-electron chi connectivity index (χ3n) is 4.37. The van der Waals surface area contributed by atoms with Crippen molar-refractivity contribution in [3.8, 4) is 0 Å². The third kappa shape index (κ3) is 2.87. The molecule has 0 aliphatic carbocycles. The van der Waals surface area contributed by atoms with Gasteiger partial charge in [-0.25, -0.2) is 8.42 Å². The molecule has 2 unspecified atom stereocenters. The summed E-state index contributed by atoms with van der Waals surface area (Å²) in [6.45, 7) is 0. The van der Waals surface area contributed by atoms with Gasteiger partial charge >= 0.3 is 0 Å². The molecule has 8 atom stereocenters. The van der Waals surface area contributed by atoms with E-state index in [1.165, 1.54) is 21.6 Å². The van der Waals surface area contributed by atoms with E-state index >= 15 is 0 Å². The number of hydrogen-bond donors (Lipinski definition) is 2. The first-order valence-electron chi connectivity index (χ1n) is 6.66. The molecule has 9 heteroatoms. The van der Waals surface area contributed by atoms with Gasteiger partial charge in [-0.15, -0.1) is 0 Å². The molecule has 20 heavy (non-hydrogen) atoms. The van der Waals surface area contributed by atoms with Crippen molar-refractivity contribution in [1.29, 1.82) is 0 Å². The molecule has 3 aliphatic heterocycles. The lowest BCUT2D eigenvalue weighted by Gasteiger charge is -2.33. The van der Waals surface area contributed by atoms with Crippen LogP contribution >= 0.6 is 21.6 Å². The second kappa shape index (κ2) is 6.17. The van der Waals surface area contributed by atoms with Crippen molar-refractivity contribution in [2.75, 3.05) is 18.6 Å². The molecular weight excluding hydrogens is 338 g/mol. The molecule has 0 amide bonds. The first-order chi connectivity index (χ1) is 9.47. The van der Waals surface area contributed by atoms with E-state index in [2.05, 4.69) is 4.90 Å². The van der Waals surface area contributed by atoms with Crippen LogP contribution < -0.4 is 0 Å². The van der Waals surface area contributed by atoms with Gasteiger partial charge in [0.1, 0.15) is 0 Å². The van der Waals surface area contributed by atoms with E-state index in [0.717, 1.165) is 12.8 Å². The zero-order chi connectivity index (χ0) is 14.4.